The Labute approximate surface area is 170 Å². The predicted molar refractivity (Wildman–Crippen MR) is 107 cm³/mol. The maximum Gasteiger partial charge on any atom is 0.293 e. The van der Waals surface area contributed by atoms with Gasteiger partial charge in [0.1, 0.15) is 6.20 Å². The summed E-state index contributed by atoms with van der Waals surface area (Å²) in [6.07, 6.45) is 2.71. The van der Waals surface area contributed by atoms with Crippen molar-refractivity contribution < 1.29 is 24.0 Å². The fourth-order valence-electron chi connectivity index (χ4n) is 2.59. The molecular formula is C19H17N3O6S. The number of benzene rings is 1. The van der Waals surface area contributed by atoms with E-state index in [0.717, 1.165) is 18.0 Å². The number of imide groups is 1. The van der Waals surface area contributed by atoms with Gasteiger partial charge in [0.25, 0.3) is 16.8 Å². The summed E-state index contributed by atoms with van der Waals surface area (Å²) in [4.78, 5) is 40.0. The third-order valence-corrected chi connectivity index (χ3v) is 4.86. The van der Waals surface area contributed by atoms with E-state index >= 15 is 0 Å². The zero-order valence-corrected chi connectivity index (χ0v) is 16.6. The van der Waals surface area contributed by atoms with E-state index in [0.29, 0.717) is 22.0 Å². The summed E-state index contributed by atoms with van der Waals surface area (Å²) in [6.45, 7) is 3.56. The molecule has 29 heavy (non-hydrogen) atoms. The monoisotopic (exact) mass is 415 g/mol. The summed E-state index contributed by atoms with van der Waals surface area (Å²) in [5, 5.41) is 10.4. The van der Waals surface area contributed by atoms with E-state index in [9.17, 15) is 19.7 Å². The van der Waals surface area contributed by atoms with Crippen molar-refractivity contribution in [2.24, 2.45) is 0 Å². The van der Waals surface area contributed by atoms with Gasteiger partial charge in [0.05, 0.1) is 16.9 Å². The van der Waals surface area contributed by atoms with Gasteiger partial charge in [-0.15, -0.1) is 0 Å². The molecular weight excluding hydrogens is 398 g/mol. The van der Waals surface area contributed by atoms with Crippen LogP contribution in [0.4, 0.5) is 10.5 Å². The van der Waals surface area contributed by atoms with E-state index in [4.69, 9.17) is 9.47 Å². The molecule has 1 saturated heterocycles. The zero-order valence-electron chi connectivity index (χ0n) is 15.8. The minimum atomic E-state index is -0.548. The van der Waals surface area contributed by atoms with Gasteiger partial charge in [0.15, 0.2) is 11.5 Å². The van der Waals surface area contributed by atoms with Crippen LogP contribution in [0.1, 0.15) is 19.4 Å². The smallest absolute Gasteiger partial charge is 0.293 e. The Hall–Kier alpha value is -3.40. The Morgan fingerprint density at radius 1 is 1.21 bits per heavy atom. The number of hydrogen-bond acceptors (Lipinski definition) is 8. The maximum atomic E-state index is 12.4. The normalized spacial score (nSPS) is 15.3. The van der Waals surface area contributed by atoms with Crippen LogP contribution in [0.2, 0.25) is 0 Å². The van der Waals surface area contributed by atoms with Crippen LogP contribution < -0.4 is 9.47 Å². The third-order valence-electron chi connectivity index (χ3n) is 3.97. The van der Waals surface area contributed by atoms with Gasteiger partial charge >= 0.3 is 0 Å². The summed E-state index contributed by atoms with van der Waals surface area (Å²) in [5.41, 5.74) is 0.509. The van der Waals surface area contributed by atoms with Gasteiger partial charge in [-0.05, 0) is 49.4 Å². The number of thioether (sulfide) groups is 1. The van der Waals surface area contributed by atoms with Gasteiger partial charge in [-0.2, -0.15) is 0 Å². The van der Waals surface area contributed by atoms with Crippen molar-refractivity contribution in [1.82, 2.24) is 9.88 Å². The second-order valence-corrected chi connectivity index (χ2v) is 7.26. The number of hydrogen-bond donors (Lipinski definition) is 0. The summed E-state index contributed by atoms with van der Waals surface area (Å²) in [7, 11) is 1.46. The Bertz CT molecular complexity index is 1000. The molecule has 1 aromatic heterocycles. The van der Waals surface area contributed by atoms with Crippen LogP contribution in [0.5, 0.6) is 17.4 Å². The molecule has 2 aromatic rings. The Morgan fingerprint density at radius 3 is 2.52 bits per heavy atom. The Balaban J connectivity index is 1.83. The summed E-state index contributed by atoms with van der Waals surface area (Å²) < 4.78 is 11.0. The lowest BCUT2D eigenvalue weighted by molar-refractivity contribution is -0.385. The van der Waals surface area contributed by atoms with Crippen molar-refractivity contribution in [3.63, 3.8) is 0 Å². The van der Waals surface area contributed by atoms with Crippen LogP contribution in [0, 0.1) is 10.1 Å². The molecule has 2 heterocycles. The lowest BCUT2D eigenvalue weighted by Gasteiger charge is -2.16. The molecule has 0 spiro atoms. The number of nitrogens with zero attached hydrogens (tertiary/aromatic N) is 3. The average molecular weight is 415 g/mol. The van der Waals surface area contributed by atoms with Crippen molar-refractivity contribution in [3.8, 4) is 17.4 Å². The summed E-state index contributed by atoms with van der Waals surface area (Å²) in [5.74, 6) is 0.562. The van der Waals surface area contributed by atoms with Crippen molar-refractivity contribution in [1.29, 1.82) is 0 Å². The van der Waals surface area contributed by atoms with E-state index in [2.05, 4.69) is 4.98 Å². The van der Waals surface area contributed by atoms with Gasteiger partial charge in [0, 0.05) is 18.2 Å². The van der Waals surface area contributed by atoms with E-state index in [-0.39, 0.29) is 28.8 Å². The van der Waals surface area contributed by atoms with E-state index in [1.807, 2.05) is 0 Å². The van der Waals surface area contributed by atoms with Gasteiger partial charge in [-0.1, -0.05) is 6.07 Å². The van der Waals surface area contributed by atoms with Gasteiger partial charge < -0.3 is 9.47 Å². The first-order chi connectivity index (χ1) is 13.8. The molecule has 1 aromatic carbocycles. The minimum Gasteiger partial charge on any atom is -0.493 e. The zero-order chi connectivity index (χ0) is 21.1. The molecule has 0 unspecified atom stereocenters. The van der Waals surface area contributed by atoms with Crippen molar-refractivity contribution in [2.45, 2.75) is 19.9 Å². The molecule has 0 N–H and O–H groups in total. The number of aromatic nitrogens is 1. The van der Waals surface area contributed by atoms with Crippen molar-refractivity contribution in [3.05, 3.63) is 57.1 Å². The first-order valence-corrected chi connectivity index (χ1v) is 9.35. The van der Waals surface area contributed by atoms with Crippen LogP contribution in [-0.4, -0.2) is 39.1 Å². The molecule has 0 saturated carbocycles. The summed E-state index contributed by atoms with van der Waals surface area (Å²) in [6, 6.07) is 7.44. The lowest BCUT2D eigenvalue weighted by atomic mass is 10.1. The number of carbonyl (C=O) groups is 2. The predicted octanol–water partition coefficient (Wildman–Crippen LogP) is 4.24. The number of ether oxygens (including phenoxy) is 2. The van der Waals surface area contributed by atoms with E-state index in [1.165, 1.54) is 24.1 Å². The second-order valence-electron chi connectivity index (χ2n) is 6.27. The highest BCUT2D eigenvalue weighted by Gasteiger charge is 2.36. The van der Waals surface area contributed by atoms with Gasteiger partial charge in [-0.25, -0.2) is 4.98 Å². The fraction of sp³-hybridized carbons (Fsp3) is 0.211. The van der Waals surface area contributed by atoms with Crippen LogP contribution >= 0.6 is 11.8 Å². The molecule has 0 radical (unpaired) electrons. The number of amides is 2. The van der Waals surface area contributed by atoms with Gasteiger partial charge in [0.2, 0.25) is 5.88 Å². The molecule has 9 nitrogen and oxygen atoms in total. The molecule has 3 rings (SSSR count). The number of rotatable bonds is 6. The second kappa shape index (κ2) is 8.31. The molecule has 1 fully saturated rings. The molecule has 2 amide bonds. The van der Waals surface area contributed by atoms with E-state index in [1.54, 1.807) is 38.1 Å². The molecule has 0 bridgehead atoms. The van der Waals surface area contributed by atoms with Crippen LogP contribution in [0.15, 0.2) is 41.4 Å². The number of nitro groups is 1. The standard InChI is InChI=1S/C19H17N3O6S/c1-11(2)21-18(23)16(29-19(21)24)9-12-4-6-14(15(8-12)27-3)28-17-7-5-13(10-20-17)22(25)26/h4-11H,1-3H3. The minimum absolute atomic E-state index is 0.144. The first-order valence-electron chi connectivity index (χ1n) is 8.53. The quantitative estimate of drug-likeness (QED) is 0.391. The van der Waals surface area contributed by atoms with E-state index < -0.39 is 4.92 Å². The molecule has 1 aliphatic rings. The van der Waals surface area contributed by atoms with Crippen molar-refractivity contribution >= 4 is 34.7 Å². The molecule has 1 aliphatic heterocycles. The largest absolute Gasteiger partial charge is 0.493 e. The topological polar surface area (TPSA) is 112 Å². The molecule has 0 atom stereocenters. The highest BCUT2D eigenvalue weighted by atomic mass is 32.2. The van der Waals surface area contributed by atoms with Crippen molar-refractivity contribution in [2.75, 3.05) is 7.11 Å². The average Bonchev–Trinajstić information content (AvgIpc) is 2.96. The van der Waals surface area contributed by atoms with Gasteiger partial charge in [-0.3, -0.25) is 24.6 Å². The molecule has 0 aliphatic carbocycles. The fourth-order valence-corrected chi connectivity index (χ4v) is 3.55. The number of methoxy groups -OCH3 is 1. The summed E-state index contributed by atoms with van der Waals surface area (Å²) >= 11 is 0.890. The lowest BCUT2D eigenvalue weighted by Crippen LogP contribution is -2.34. The van der Waals surface area contributed by atoms with Crippen LogP contribution in [0.25, 0.3) is 6.08 Å². The molecule has 10 heteroatoms. The molecule has 150 valence electrons. The number of carbonyl (C=O) groups excluding carboxylic acids is 2. The highest BCUT2D eigenvalue weighted by Crippen LogP contribution is 2.36. The Morgan fingerprint density at radius 2 is 1.97 bits per heavy atom. The highest BCUT2D eigenvalue weighted by molar-refractivity contribution is 8.18. The first kappa shape index (κ1) is 20.3. The van der Waals surface area contributed by atoms with Crippen LogP contribution in [-0.2, 0) is 4.79 Å². The van der Waals surface area contributed by atoms with Crippen LogP contribution in [0.3, 0.4) is 0 Å². The Kier molecular flexibility index (Phi) is 5.83. The number of pyridine rings is 1. The SMILES string of the molecule is COc1cc(C=C2SC(=O)N(C(C)C)C2=O)ccc1Oc1ccc([N+](=O)[O-])cn1. The maximum absolute atomic E-state index is 12.4. The third kappa shape index (κ3) is 4.37.